The van der Waals surface area contributed by atoms with Crippen LogP contribution in [-0.2, 0) is 5.21 Å². The van der Waals surface area contributed by atoms with Gasteiger partial charge in [0.1, 0.15) is 0 Å². The van der Waals surface area contributed by atoms with Crippen molar-refractivity contribution >= 4 is 11.6 Å². The first-order chi connectivity index (χ1) is 5.76. The van der Waals surface area contributed by atoms with Crippen LogP contribution in [0.25, 0.3) is 0 Å². The van der Waals surface area contributed by atoms with Crippen LogP contribution in [0.1, 0.15) is 27.7 Å². The highest BCUT2D eigenvalue weighted by atomic mass is 35.5. The molecule has 13 heavy (non-hydrogen) atoms. The topological polar surface area (TPSA) is 49.4 Å². The minimum Gasteiger partial charge on any atom is -0.784 e. The number of hydrogen-bond donors (Lipinski definition) is 0. The first-order valence-corrected chi connectivity index (χ1v) is 4.79. The summed E-state index contributed by atoms with van der Waals surface area (Å²) >= 11 is 5.57. The monoisotopic (exact) mass is 206 g/mol. The Balaban J connectivity index is 3.04. The molecule has 1 heterocycles. The predicted octanol–water partition coefficient (Wildman–Crippen LogP) is 1.57. The van der Waals surface area contributed by atoms with E-state index in [-0.39, 0.29) is 5.88 Å². The van der Waals surface area contributed by atoms with E-state index in [1.165, 1.54) is 0 Å². The van der Waals surface area contributed by atoms with Crippen LogP contribution in [0.5, 0.6) is 0 Å². The lowest BCUT2D eigenvalue weighted by Gasteiger charge is -2.44. The summed E-state index contributed by atoms with van der Waals surface area (Å²) in [6.07, 6.45) is -0.758. The molecule has 77 valence electrons. The number of halogens is 1. The zero-order valence-corrected chi connectivity index (χ0v) is 9.13. The van der Waals surface area contributed by atoms with Gasteiger partial charge in [0.05, 0.1) is 17.6 Å². The normalized spacial score (nSPS) is 33.9. The summed E-state index contributed by atoms with van der Waals surface area (Å²) in [7, 11) is 0. The van der Waals surface area contributed by atoms with Gasteiger partial charge in [0.15, 0.2) is 0 Å². The van der Waals surface area contributed by atoms with Crippen LogP contribution in [-0.4, -0.2) is 33.3 Å². The van der Waals surface area contributed by atoms with Crippen LogP contribution in [0.3, 0.4) is 0 Å². The molecule has 1 rings (SSSR count). The number of hydroxylamine groups is 4. The molecule has 0 spiro atoms. The first kappa shape index (κ1) is 11.2. The average molecular weight is 207 g/mol. The molecule has 1 aliphatic rings. The summed E-state index contributed by atoms with van der Waals surface area (Å²) in [5.41, 5.74) is -1.40. The van der Waals surface area contributed by atoms with Crippen molar-refractivity contribution in [3.63, 3.8) is 0 Å². The second kappa shape index (κ2) is 3.07. The molecule has 0 N–H and O–H groups in total. The Morgan fingerprint density at radius 1 is 1.31 bits per heavy atom. The SMILES string of the molecule is CC1(C)N([O])C(CCl)N([O-])C1(C)C. The lowest BCUT2D eigenvalue weighted by molar-refractivity contribution is -0.225. The maximum Gasteiger partial charge on any atom is 0.0934 e. The fourth-order valence-corrected chi connectivity index (χ4v) is 1.76. The summed E-state index contributed by atoms with van der Waals surface area (Å²) in [5, 5.41) is 24.9. The van der Waals surface area contributed by atoms with Gasteiger partial charge in [-0.05, 0) is 27.7 Å². The van der Waals surface area contributed by atoms with E-state index in [9.17, 15) is 10.4 Å². The molecule has 0 aromatic rings. The third-order valence-corrected chi connectivity index (χ3v) is 3.55. The molecule has 1 aliphatic heterocycles. The fourth-order valence-electron chi connectivity index (χ4n) is 1.51. The van der Waals surface area contributed by atoms with Gasteiger partial charge in [-0.15, -0.1) is 21.9 Å². The molecule has 0 bridgehead atoms. The number of rotatable bonds is 1. The van der Waals surface area contributed by atoms with Gasteiger partial charge in [-0.25, -0.2) is 0 Å². The minimum absolute atomic E-state index is 0.0415. The van der Waals surface area contributed by atoms with E-state index >= 15 is 0 Å². The molecule has 0 saturated carbocycles. The number of nitrogens with zero attached hydrogens (tertiary/aromatic N) is 2. The second-order valence-electron chi connectivity index (χ2n) is 4.40. The molecule has 0 aliphatic carbocycles. The van der Waals surface area contributed by atoms with Gasteiger partial charge in [-0.2, -0.15) is 0 Å². The van der Waals surface area contributed by atoms with E-state index in [4.69, 9.17) is 11.6 Å². The van der Waals surface area contributed by atoms with Gasteiger partial charge in [0.2, 0.25) is 0 Å². The molecule has 1 radical (unpaired) electrons. The Morgan fingerprint density at radius 3 is 1.92 bits per heavy atom. The zero-order valence-electron chi connectivity index (χ0n) is 8.37. The van der Waals surface area contributed by atoms with E-state index in [0.29, 0.717) is 0 Å². The molecule has 1 fully saturated rings. The Kier molecular flexibility index (Phi) is 2.64. The van der Waals surface area contributed by atoms with E-state index in [1.807, 2.05) is 0 Å². The number of alkyl halides is 1. The van der Waals surface area contributed by atoms with Crippen molar-refractivity contribution in [3.05, 3.63) is 5.21 Å². The standard InChI is InChI=1S/C8H15ClN2O2/c1-7(2)8(3,4)11(13)6(5-9)10(7)12/h6H,5H2,1-4H3/q-1. The smallest absolute Gasteiger partial charge is 0.0934 e. The quantitative estimate of drug-likeness (QED) is 0.612. The molecular formula is C8H15ClN2O2-. The molecule has 0 amide bonds. The van der Waals surface area contributed by atoms with Crippen LogP contribution in [0.15, 0.2) is 0 Å². The maximum absolute atomic E-state index is 11.7. The van der Waals surface area contributed by atoms with Crippen molar-refractivity contribution in [3.8, 4) is 0 Å². The number of hydrogen-bond acceptors (Lipinski definition) is 3. The lowest BCUT2D eigenvalue weighted by Crippen LogP contribution is -2.51. The molecule has 5 heteroatoms. The largest absolute Gasteiger partial charge is 0.784 e. The Hall–Kier alpha value is 0.130. The Morgan fingerprint density at radius 2 is 1.77 bits per heavy atom. The van der Waals surface area contributed by atoms with Gasteiger partial charge in [-0.3, -0.25) is 0 Å². The van der Waals surface area contributed by atoms with Gasteiger partial charge >= 0.3 is 0 Å². The van der Waals surface area contributed by atoms with E-state index in [2.05, 4.69) is 0 Å². The van der Waals surface area contributed by atoms with E-state index in [1.54, 1.807) is 27.7 Å². The summed E-state index contributed by atoms with van der Waals surface area (Å²) in [6, 6.07) is 0. The summed E-state index contributed by atoms with van der Waals surface area (Å²) in [6.45, 7) is 7.05. The molecule has 0 unspecified atom stereocenters. The van der Waals surface area contributed by atoms with Crippen LogP contribution in [0, 0.1) is 5.21 Å². The molecular weight excluding hydrogens is 192 g/mol. The third kappa shape index (κ3) is 1.28. The summed E-state index contributed by atoms with van der Waals surface area (Å²) in [5.74, 6) is 0.0415. The highest BCUT2D eigenvalue weighted by Crippen LogP contribution is 2.41. The average Bonchev–Trinajstić information content (AvgIpc) is 2.13. The van der Waals surface area contributed by atoms with Gasteiger partial charge in [-0.1, -0.05) is 0 Å². The molecule has 0 aromatic carbocycles. The van der Waals surface area contributed by atoms with Crippen molar-refractivity contribution in [2.75, 3.05) is 5.88 Å². The van der Waals surface area contributed by atoms with Crippen molar-refractivity contribution < 1.29 is 5.21 Å². The van der Waals surface area contributed by atoms with Gasteiger partial charge < -0.3 is 10.3 Å². The van der Waals surface area contributed by atoms with Gasteiger partial charge in [0.25, 0.3) is 0 Å². The highest BCUT2D eigenvalue weighted by molar-refractivity contribution is 6.18. The van der Waals surface area contributed by atoms with Crippen LogP contribution in [0.2, 0.25) is 0 Å². The lowest BCUT2D eigenvalue weighted by atomic mass is 9.84. The second-order valence-corrected chi connectivity index (χ2v) is 4.71. The van der Waals surface area contributed by atoms with E-state index in [0.717, 1.165) is 10.1 Å². The fraction of sp³-hybridized carbons (Fsp3) is 1.00. The van der Waals surface area contributed by atoms with Crippen LogP contribution < -0.4 is 0 Å². The zero-order chi connectivity index (χ0) is 10.4. The molecule has 0 aromatic heterocycles. The Labute approximate surface area is 83.6 Å². The maximum atomic E-state index is 11.7. The molecule has 1 saturated heterocycles. The van der Waals surface area contributed by atoms with Crippen molar-refractivity contribution in [1.82, 2.24) is 10.1 Å². The third-order valence-electron chi connectivity index (χ3n) is 3.28. The highest BCUT2D eigenvalue weighted by Gasteiger charge is 2.54. The molecule has 0 atom stereocenters. The predicted molar refractivity (Wildman–Crippen MR) is 50.4 cm³/mol. The minimum atomic E-state index is -0.758. The van der Waals surface area contributed by atoms with Crippen molar-refractivity contribution in [2.24, 2.45) is 0 Å². The summed E-state index contributed by atoms with van der Waals surface area (Å²) < 4.78 is 0. The molecule has 4 nitrogen and oxygen atoms in total. The summed E-state index contributed by atoms with van der Waals surface area (Å²) in [4.78, 5) is 0. The van der Waals surface area contributed by atoms with Crippen LogP contribution in [0.4, 0.5) is 0 Å². The Bertz CT molecular complexity index is 188. The first-order valence-electron chi connectivity index (χ1n) is 4.25. The van der Waals surface area contributed by atoms with Crippen LogP contribution >= 0.6 is 11.6 Å². The van der Waals surface area contributed by atoms with Crippen molar-refractivity contribution in [2.45, 2.75) is 44.9 Å². The van der Waals surface area contributed by atoms with Gasteiger partial charge in [0, 0.05) is 5.54 Å². The van der Waals surface area contributed by atoms with Crippen molar-refractivity contribution in [1.29, 1.82) is 0 Å². The van der Waals surface area contributed by atoms with E-state index < -0.39 is 17.2 Å².